The van der Waals surface area contributed by atoms with Crippen molar-refractivity contribution in [1.29, 1.82) is 5.26 Å². The van der Waals surface area contributed by atoms with Crippen molar-refractivity contribution in [3.63, 3.8) is 0 Å². The Labute approximate surface area is 104 Å². The van der Waals surface area contributed by atoms with Gasteiger partial charge in [0.25, 0.3) is 5.91 Å². The van der Waals surface area contributed by atoms with Gasteiger partial charge in [-0.25, -0.2) is 9.37 Å². The van der Waals surface area contributed by atoms with Crippen LogP contribution in [0.4, 0.5) is 4.39 Å². The van der Waals surface area contributed by atoms with Gasteiger partial charge in [-0.15, -0.1) is 0 Å². The lowest BCUT2D eigenvalue weighted by Gasteiger charge is -2.23. The van der Waals surface area contributed by atoms with E-state index in [2.05, 4.69) is 4.98 Å². The Bertz CT molecular complexity index is 470. The highest BCUT2D eigenvalue weighted by Gasteiger charge is 2.21. The molecule has 0 aliphatic heterocycles. The standard InChI is InChI=1S/C11H11ClFN3O/c1-7(2)16(4-3-14)11(17)9-5-8(13)6-15-10(9)12/h5-7H,4H2,1-2H3. The van der Waals surface area contributed by atoms with Crippen LogP contribution >= 0.6 is 11.6 Å². The number of carbonyl (C=O) groups is 1. The van der Waals surface area contributed by atoms with E-state index in [1.807, 2.05) is 6.07 Å². The molecular formula is C11H11ClFN3O. The second-order valence-corrected chi connectivity index (χ2v) is 4.03. The van der Waals surface area contributed by atoms with Crippen LogP contribution in [0.2, 0.25) is 5.15 Å². The summed E-state index contributed by atoms with van der Waals surface area (Å²) in [5, 5.41) is 8.57. The fourth-order valence-corrected chi connectivity index (χ4v) is 1.48. The van der Waals surface area contributed by atoms with Crippen molar-refractivity contribution in [2.24, 2.45) is 0 Å². The summed E-state index contributed by atoms with van der Waals surface area (Å²) < 4.78 is 13.0. The lowest BCUT2D eigenvalue weighted by atomic mass is 10.2. The van der Waals surface area contributed by atoms with Gasteiger partial charge in [-0.3, -0.25) is 4.79 Å². The molecule has 0 atom stereocenters. The first-order valence-corrected chi connectivity index (χ1v) is 5.34. The highest BCUT2D eigenvalue weighted by atomic mass is 35.5. The maximum absolute atomic E-state index is 13.0. The summed E-state index contributed by atoms with van der Waals surface area (Å²) in [5.74, 6) is -1.14. The van der Waals surface area contributed by atoms with Crippen molar-refractivity contribution in [2.45, 2.75) is 19.9 Å². The molecular weight excluding hydrogens is 245 g/mol. The number of nitrogens with zero attached hydrogens (tertiary/aromatic N) is 3. The fraction of sp³-hybridized carbons (Fsp3) is 0.364. The molecule has 0 N–H and O–H groups in total. The number of hydrogen-bond donors (Lipinski definition) is 0. The average molecular weight is 256 g/mol. The second kappa shape index (κ2) is 5.60. The van der Waals surface area contributed by atoms with Gasteiger partial charge in [0, 0.05) is 6.04 Å². The summed E-state index contributed by atoms with van der Waals surface area (Å²) in [6, 6.07) is 2.72. The number of nitriles is 1. The van der Waals surface area contributed by atoms with Gasteiger partial charge >= 0.3 is 0 Å². The minimum atomic E-state index is -0.640. The Morgan fingerprint density at radius 2 is 2.35 bits per heavy atom. The lowest BCUT2D eigenvalue weighted by molar-refractivity contribution is 0.0730. The number of aromatic nitrogens is 1. The van der Waals surface area contributed by atoms with E-state index in [-0.39, 0.29) is 23.3 Å². The summed E-state index contributed by atoms with van der Waals surface area (Å²) >= 11 is 5.73. The van der Waals surface area contributed by atoms with Crippen LogP contribution in [0.5, 0.6) is 0 Å². The Balaban J connectivity index is 3.10. The van der Waals surface area contributed by atoms with Crippen LogP contribution in [0.3, 0.4) is 0 Å². The van der Waals surface area contributed by atoms with Crippen molar-refractivity contribution >= 4 is 17.5 Å². The summed E-state index contributed by atoms with van der Waals surface area (Å²) in [5.41, 5.74) is -0.0318. The summed E-state index contributed by atoms with van der Waals surface area (Å²) in [7, 11) is 0. The first kappa shape index (κ1) is 13.4. The van der Waals surface area contributed by atoms with E-state index in [9.17, 15) is 9.18 Å². The van der Waals surface area contributed by atoms with Crippen LogP contribution in [0.1, 0.15) is 24.2 Å². The largest absolute Gasteiger partial charge is 0.323 e. The molecule has 1 aromatic heterocycles. The maximum Gasteiger partial charge on any atom is 0.258 e. The summed E-state index contributed by atoms with van der Waals surface area (Å²) in [6.45, 7) is 3.44. The Kier molecular flexibility index (Phi) is 4.41. The van der Waals surface area contributed by atoms with Gasteiger partial charge in [0.05, 0.1) is 17.8 Å². The number of carbonyl (C=O) groups excluding carboxylic acids is 1. The van der Waals surface area contributed by atoms with Crippen LogP contribution in [-0.4, -0.2) is 28.4 Å². The number of hydrogen-bond acceptors (Lipinski definition) is 3. The van der Waals surface area contributed by atoms with E-state index in [4.69, 9.17) is 16.9 Å². The lowest BCUT2D eigenvalue weighted by Crippen LogP contribution is -2.37. The molecule has 90 valence electrons. The monoisotopic (exact) mass is 255 g/mol. The second-order valence-electron chi connectivity index (χ2n) is 3.68. The molecule has 0 unspecified atom stereocenters. The van der Waals surface area contributed by atoms with Gasteiger partial charge in [0.1, 0.15) is 17.5 Å². The first-order chi connectivity index (χ1) is 7.97. The average Bonchev–Trinajstić information content (AvgIpc) is 2.28. The minimum Gasteiger partial charge on any atom is -0.323 e. The molecule has 0 aromatic carbocycles. The van der Waals surface area contributed by atoms with E-state index in [1.165, 1.54) is 4.90 Å². The van der Waals surface area contributed by atoms with Crippen molar-refractivity contribution in [3.8, 4) is 6.07 Å². The molecule has 0 bridgehead atoms. The molecule has 0 saturated carbocycles. The van der Waals surface area contributed by atoms with E-state index >= 15 is 0 Å². The van der Waals surface area contributed by atoms with Gasteiger partial charge in [-0.05, 0) is 19.9 Å². The van der Waals surface area contributed by atoms with Crippen LogP contribution in [0.25, 0.3) is 0 Å². The molecule has 0 fully saturated rings. The van der Waals surface area contributed by atoms with Gasteiger partial charge in [-0.2, -0.15) is 5.26 Å². The minimum absolute atomic E-state index is 0.0318. The highest BCUT2D eigenvalue weighted by molar-refractivity contribution is 6.32. The van der Waals surface area contributed by atoms with E-state index in [1.54, 1.807) is 13.8 Å². The molecule has 1 amide bonds. The molecule has 4 nitrogen and oxygen atoms in total. The Morgan fingerprint density at radius 3 is 2.88 bits per heavy atom. The van der Waals surface area contributed by atoms with Gasteiger partial charge < -0.3 is 4.90 Å². The Hall–Kier alpha value is -1.67. The predicted octanol–water partition coefficient (Wildman–Crippen LogP) is 2.25. The normalized spacial score (nSPS) is 10.1. The third kappa shape index (κ3) is 3.14. The smallest absolute Gasteiger partial charge is 0.258 e. The number of amides is 1. The topological polar surface area (TPSA) is 57.0 Å². The van der Waals surface area contributed by atoms with Gasteiger partial charge in [-0.1, -0.05) is 11.6 Å². The maximum atomic E-state index is 13.0. The molecule has 1 heterocycles. The molecule has 0 spiro atoms. The summed E-state index contributed by atoms with van der Waals surface area (Å²) in [6.07, 6.45) is 0.934. The van der Waals surface area contributed by atoms with E-state index in [0.717, 1.165) is 12.3 Å². The number of rotatable bonds is 3. The molecule has 0 saturated heterocycles. The van der Waals surface area contributed by atoms with Gasteiger partial charge in [0.15, 0.2) is 0 Å². The van der Waals surface area contributed by atoms with Gasteiger partial charge in [0.2, 0.25) is 0 Å². The number of halogens is 2. The van der Waals surface area contributed by atoms with Crippen molar-refractivity contribution < 1.29 is 9.18 Å². The fourth-order valence-electron chi connectivity index (χ4n) is 1.29. The number of pyridine rings is 1. The molecule has 1 aromatic rings. The van der Waals surface area contributed by atoms with E-state index in [0.29, 0.717) is 0 Å². The first-order valence-electron chi connectivity index (χ1n) is 4.96. The zero-order chi connectivity index (χ0) is 13.0. The molecule has 0 aliphatic rings. The quantitative estimate of drug-likeness (QED) is 0.615. The third-order valence-corrected chi connectivity index (χ3v) is 2.46. The molecule has 1 rings (SSSR count). The van der Waals surface area contributed by atoms with Crippen LogP contribution < -0.4 is 0 Å². The van der Waals surface area contributed by atoms with E-state index < -0.39 is 11.7 Å². The third-order valence-electron chi connectivity index (χ3n) is 2.16. The van der Waals surface area contributed by atoms with Crippen molar-refractivity contribution in [2.75, 3.05) is 6.54 Å². The molecule has 0 radical (unpaired) electrons. The molecule has 17 heavy (non-hydrogen) atoms. The van der Waals surface area contributed by atoms with Crippen LogP contribution in [0.15, 0.2) is 12.3 Å². The zero-order valence-corrected chi connectivity index (χ0v) is 10.2. The molecule has 0 aliphatic carbocycles. The SMILES string of the molecule is CC(C)N(CC#N)C(=O)c1cc(F)cnc1Cl. The van der Waals surface area contributed by atoms with Crippen LogP contribution in [0, 0.1) is 17.1 Å². The highest BCUT2D eigenvalue weighted by Crippen LogP contribution is 2.17. The predicted molar refractivity (Wildman–Crippen MR) is 61.0 cm³/mol. The summed E-state index contributed by atoms with van der Waals surface area (Å²) in [4.78, 5) is 16.9. The zero-order valence-electron chi connectivity index (χ0n) is 9.44. The molecule has 6 heteroatoms. The van der Waals surface area contributed by atoms with Crippen molar-refractivity contribution in [3.05, 3.63) is 28.8 Å². The van der Waals surface area contributed by atoms with Crippen LogP contribution in [-0.2, 0) is 0 Å². The Morgan fingerprint density at radius 1 is 1.71 bits per heavy atom. The van der Waals surface area contributed by atoms with Crippen molar-refractivity contribution in [1.82, 2.24) is 9.88 Å².